The number of esters is 1. The molecule has 122 valence electrons. The van der Waals surface area contributed by atoms with E-state index in [4.69, 9.17) is 9.47 Å². The molecule has 0 aliphatic carbocycles. The van der Waals surface area contributed by atoms with E-state index in [9.17, 15) is 4.79 Å². The molecule has 0 spiro atoms. The summed E-state index contributed by atoms with van der Waals surface area (Å²) in [5.41, 5.74) is 4.15. The number of aryl methyl sites for hydroxylation is 1. The first-order chi connectivity index (χ1) is 11.1. The Morgan fingerprint density at radius 3 is 2.09 bits per heavy atom. The largest absolute Gasteiger partial charge is 0.457 e. The van der Waals surface area contributed by atoms with Gasteiger partial charge in [0.1, 0.15) is 6.10 Å². The van der Waals surface area contributed by atoms with E-state index in [1.54, 1.807) is 19.2 Å². The third kappa shape index (κ3) is 4.93. The number of hydrogen-bond donors (Lipinski definition) is 0. The van der Waals surface area contributed by atoms with Gasteiger partial charge in [0.2, 0.25) is 0 Å². The highest BCUT2D eigenvalue weighted by atomic mass is 16.6. The molecule has 0 aliphatic heterocycles. The Balaban J connectivity index is 2.05. The fourth-order valence-electron chi connectivity index (χ4n) is 2.47. The van der Waals surface area contributed by atoms with Gasteiger partial charge in [0.25, 0.3) is 0 Å². The Morgan fingerprint density at radius 2 is 1.57 bits per heavy atom. The molecule has 0 radical (unpaired) electrons. The van der Waals surface area contributed by atoms with Gasteiger partial charge in [-0.15, -0.1) is 0 Å². The molecule has 3 nitrogen and oxygen atoms in total. The number of methoxy groups -OCH3 is 1. The summed E-state index contributed by atoms with van der Waals surface area (Å²) in [6.45, 7) is 4.39. The van der Waals surface area contributed by atoms with Gasteiger partial charge in [0.15, 0.2) is 0 Å². The maximum atomic E-state index is 12.0. The van der Waals surface area contributed by atoms with Gasteiger partial charge >= 0.3 is 5.97 Å². The number of hydrogen-bond acceptors (Lipinski definition) is 3. The van der Waals surface area contributed by atoms with Crippen LogP contribution in [-0.4, -0.2) is 25.8 Å². The fourth-order valence-corrected chi connectivity index (χ4v) is 2.47. The molecule has 0 aromatic heterocycles. The first-order valence-electron chi connectivity index (χ1n) is 8.03. The standard InChI is InChI=1S/C20H24O3/c1-4-5-16-6-8-17(9-7-16)18-10-12-19(13-11-18)20(21)23-15(2)14-22-3/h6-13,15H,4-5,14H2,1-3H3. The minimum absolute atomic E-state index is 0.252. The van der Waals surface area contributed by atoms with Crippen molar-refractivity contribution < 1.29 is 14.3 Å². The van der Waals surface area contributed by atoms with Crippen LogP contribution in [0.1, 0.15) is 36.2 Å². The lowest BCUT2D eigenvalue weighted by molar-refractivity contribution is 0.0120. The van der Waals surface area contributed by atoms with Gasteiger partial charge in [-0.2, -0.15) is 0 Å². The van der Waals surface area contributed by atoms with E-state index in [2.05, 4.69) is 31.2 Å². The summed E-state index contributed by atoms with van der Waals surface area (Å²) < 4.78 is 10.3. The van der Waals surface area contributed by atoms with E-state index in [1.165, 1.54) is 5.56 Å². The first-order valence-corrected chi connectivity index (χ1v) is 8.03. The molecule has 0 amide bonds. The summed E-state index contributed by atoms with van der Waals surface area (Å²) in [7, 11) is 1.59. The molecule has 23 heavy (non-hydrogen) atoms. The number of benzene rings is 2. The smallest absolute Gasteiger partial charge is 0.338 e. The van der Waals surface area contributed by atoms with E-state index >= 15 is 0 Å². The van der Waals surface area contributed by atoms with Crippen LogP contribution in [0.4, 0.5) is 0 Å². The highest BCUT2D eigenvalue weighted by Gasteiger charge is 2.11. The van der Waals surface area contributed by atoms with E-state index in [1.807, 2.05) is 19.1 Å². The number of rotatable bonds is 7. The minimum Gasteiger partial charge on any atom is -0.457 e. The van der Waals surface area contributed by atoms with E-state index < -0.39 is 0 Å². The van der Waals surface area contributed by atoms with E-state index in [-0.39, 0.29) is 12.1 Å². The van der Waals surface area contributed by atoms with Crippen LogP contribution in [0.25, 0.3) is 11.1 Å². The highest BCUT2D eigenvalue weighted by Crippen LogP contribution is 2.21. The molecule has 2 aromatic carbocycles. The van der Waals surface area contributed by atoms with Crippen LogP contribution in [0.2, 0.25) is 0 Å². The second-order valence-corrected chi connectivity index (χ2v) is 5.70. The molecular weight excluding hydrogens is 288 g/mol. The van der Waals surface area contributed by atoms with Gasteiger partial charge in [0.05, 0.1) is 12.2 Å². The molecule has 0 fully saturated rings. The monoisotopic (exact) mass is 312 g/mol. The zero-order valence-corrected chi connectivity index (χ0v) is 14.0. The van der Waals surface area contributed by atoms with Gasteiger partial charge in [-0.05, 0) is 42.2 Å². The molecule has 2 rings (SSSR count). The maximum absolute atomic E-state index is 12.0. The minimum atomic E-state index is -0.320. The molecular formula is C20H24O3. The predicted molar refractivity (Wildman–Crippen MR) is 92.6 cm³/mol. The van der Waals surface area contributed by atoms with E-state index in [0.717, 1.165) is 24.0 Å². The molecule has 1 atom stereocenters. The van der Waals surface area contributed by atoms with Gasteiger partial charge in [0, 0.05) is 7.11 Å². The molecule has 3 heteroatoms. The quantitative estimate of drug-likeness (QED) is 0.706. The summed E-state index contributed by atoms with van der Waals surface area (Å²) in [6.07, 6.45) is 2.00. The lowest BCUT2D eigenvalue weighted by Gasteiger charge is -2.12. The number of carbonyl (C=O) groups excluding carboxylic acids is 1. The molecule has 0 saturated heterocycles. The predicted octanol–water partition coefficient (Wildman–Crippen LogP) is 4.50. The van der Waals surface area contributed by atoms with Gasteiger partial charge in [-0.3, -0.25) is 0 Å². The highest BCUT2D eigenvalue weighted by molar-refractivity contribution is 5.90. The normalized spacial score (nSPS) is 12.0. The van der Waals surface area contributed by atoms with Crippen molar-refractivity contribution in [1.82, 2.24) is 0 Å². The van der Waals surface area contributed by atoms with Crippen molar-refractivity contribution in [2.24, 2.45) is 0 Å². The molecule has 0 aliphatic rings. The van der Waals surface area contributed by atoms with Crippen molar-refractivity contribution in [3.05, 3.63) is 59.7 Å². The summed E-state index contributed by atoms with van der Waals surface area (Å²) in [5.74, 6) is -0.320. The second kappa shape index (κ2) is 8.49. The summed E-state index contributed by atoms with van der Waals surface area (Å²) in [5, 5.41) is 0. The van der Waals surface area contributed by atoms with Crippen molar-refractivity contribution in [2.45, 2.75) is 32.8 Å². The van der Waals surface area contributed by atoms with Crippen molar-refractivity contribution in [2.75, 3.05) is 13.7 Å². The average Bonchev–Trinajstić information content (AvgIpc) is 2.56. The zero-order valence-electron chi connectivity index (χ0n) is 14.0. The first kappa shape index (κ1) is 17.2. The summed E-state index contributed by atoms with van der Waals surface area (Å²) >= 11 is 0. The molecule has 0 heterocycles. The lowest BCUT2D eigenvalue weighted by atomic mass is 10.0. The summed E-state index contributed by atoms with van der Waals surface area (Å²) in [6, 6.07) is 16.1. The maximum Gasteiger partial charge on any atom is 0.338 e. The van der Waals surface area contributed by atoms with Crippen molar-refractivity contribution in [3.8, 4) is 11.1 Å². The Morgan fingerprint density at radius 1 is 1.00 bits per heavy atom. The SMILES string of the molecule is CCCc1ccc(-c2ccc(C(=O)OC(C)COC)cc2)cc1. The Hall–Kier alpha value is -2.13. The molecule has 0 N–H and O–H groups in total. The van der Waals surface area contributed by atoms with Gasteiger partial charge in [-0.1, -0.05) is 49.7 Å². The zero-order chi connectivity index (χ0) is 16.7. The topological polar surface area (TPSA) is 35.5 Å². The molecule has 0 bridgehead atoms. The van der Waals surface area contributed by atoms with Crippen LogP contribution >= 0.6 is 0 Å². The third-order valence-corrected chi connectivity index (χ3v) is 3.66. The molecule has 2 aromatic rings. The third-order valence-electron chi connectivity index (χ3n) is 3.66. The van der Waals surface area contributed by atoms with Crippen LogP contribution in [0.3, 0.4) is 0 Å². The van der Waals surface area contributed by atoms with Crippen molar-refractivity contribution in [1.29, 1.82) is 0 Å². The van der Waals surface area contributed by atoms with Crippen molar-refractivity contribution in [3.63, 3.8) is 0 Å². The summed E-state index contributed by atoms with van der Waals surface area (Å²) in [4.78, 5) is 12.0. The Kier molecular flexibility index (Phi) is 6.36. The van der Waals surface area contributed by atoms with Crippen molar-refractivity contribution >= 4 is 5.97 Å². The Labute approximate surface area is 138 Å². The van der Waals surface area contributed by atoms with Crippen LogP contribution in [0.15, 0.2) is 48.5 Å². The van der Waals surface area contributed by atoms with Crippen LogP contribution < -0.4 is 0 Å². The Bertz CT molecular complexity index is 614. The average molecular weight is 312 g/mol. The fraction of sp³-hybridized carbons (Fsp3) is 0.350. The van der Waals surface area contributed by atoms with Gasteiger partial charge in [-0.25, -0.2) is 4.79 Å². The lowest BCUT2D eigenvalue weighted by Crippen LogP contribution is -2.19. The number of carbonyl (C=O) groups is 1. The molecule has 0 saturated carbocycles. The van der Waals surface area contributed by atoms with Gasteiger partial charge < -0.3 is 9.47 Å². The van der Waals surface area contributed by atoms with Crippen LogP contribution in [0, 0.1) is 0 Å². The number of ether oxygens (including phenoxy) is 2. The van der Waals surface area contributed by atoms with Crippen LogP contribution in [-0.2, 0) is 15.9 Å². The molecule has 1 unspecified atom stereocenters. The second-order valence-electron chi connectivity index (χ2n) is 5.70. The van der Waals surface area contributed by atoms with E-state index in [0.29, 0.717) is 12.2 Å². The van der Waals surface area contributed by atoms with Crippen LogP contribution in [0.5, 0.6) is 0 Å².